The van der Waals surface area contributed by atoms with Gasteiger partial charge in [-0.25, -0.2) is 8.42 Å². The fourth-order valence-electron chi connectivity index (χ4n) is 2.93. The van der Waals surface area contributed by atoms with Gasteiger partial charge in [0.05, 0.1) is 25.7 Å². The standard InChI is InChI=1S/C21H28N2O5S/c1-5-28-20-12-8-18(9-13-20)23(29(4,25)26)16(2)21(24)22-15-14-17-6-10-19(27-3)11-7-17/h6-13,16H,5,14-15H2,1-4H3,(H,22,24)/t16-/m0/s1. The van der Waals surface area contributed by atoms with Gasteiger partial charge in [-0.3, -0.25) is 9.10 Å². The summed E-state index contributed by atoms with van der Waals surface area (Å²) >= 11 is 0. The summed E-state index contributed by atoms with van der Waals surface area (Å²) in [6, 6.07) is 13.3. The van der Waals surface area contributed by atoms with Crippen LogP contribution in [0, 0.1) is 0 Å². The first kappa shape index (κ1) is 22.5. The zero-order valence-electron chi connectivity index (χ0n) is 17.2. The molecule has 7 nitrogen and oxygen atoms in total. The predicted molar refractivity (Wildman–Crippen MR) is 114 cm³/mol. The van der Waals surface area contributed by atoms with Gasteiger partial charge in [0.1, 0.15) is 17.5 Å². The molecule has 2 rings (SSSR count). The molecule has 2 aromatic carbocycles. The lowest BCUT2D eigenvalue weighted by Crippen LogP contribution is -2.48. The van der Waals surface area contributed by atoms with Gasteiger partial charge in [0.2, 0.25) is 15.9 Å². The molecule has 1 atom stereocenters. The van der Waals surface area contributed by atoms with E-state index in [1.807, 2.05) is 31.2 Å². The molecule has 0 radical (unpaired) electrons. The third-order valence-corrected chi connectivity index (χ3v) is 5.60. The maximum Gasteiger partial charge on any atom is 0.243 e. The molecular formula is C21H28N2O5S. The normalized spacial score (nSPS) is 12.1. The molecule has 0 aromatic heterocycles. The number of carbonyl (C=O) groups excluding carboxylic acids is 1. The average molecular weight is 421 g/mol. The molecule has 158 valence electrons. The SMILES string of the molecule is CCOc1ccc(N([C@@H](C)C(=O)NCCc2ccc(OC)cc2)S(C)(=O)=O)cc1. The van der Waals surface area contributed by atoms with Gasteiger partial charge in [-0.05, 0) is 62.2 Å². The Kier molecular flexibility index (Phi) is 7.90. The summed E-state index contributed by atoms with van der Waals surface area (Å²) in [5.41, 5.74) is 1.46. The van der Waals surface area contributed by atoms with Gasteiger partial charge < -0.3 is 14.8 Å². The summed E-state index contributed by atoms with van der Waals surface area (Å²) in [5.74, 6) is 1.05. The Morgan fingerprint density at radius 2 is 1.66 bits per heavy atom. The number of benzene rings is 2. The van der Waals surface area contributed by atoms with Crippen LogP contribution in [0.5, 0.6) is 11.5 Å². The Hall–Kier alpha value is -2.74. The topological polar surface area (TPSA) is 84.9 Å². The van der Waals surface area contributed by atoms with Gasteiger partial charge in [-0.2, -0.15) is 0 Å². The van der Waals surface area contributed by atoms with E-state index in [1.165, 1.54) is 0 Å². The molecule has 0 bridgehead atoms. The molecule has 0 fully saturated rings. The Labute approximate surface area is 172 Å². The first-order chi connectivity index (χ1) is 13.8. The summed E-state index contributed by atoms with van der Waals surface area (Å²) in [7, 11) is -2.05. The maximum absolute atomic E-state index is 12.6. The summed E-state index contributed by atoms with van der Waals surface area (Å²) in [5, 5.41) is 2.81. The number of ether oxygens (including phenoxy) is 2. The van der Waals surface area contributed by atoms with Crippen molar-refractivity contribution in [2.45, 2.75) is 26.3 Å². The van der Waals surface area contributed by atoms with E-state index < -0.39 is 16.1 Å². The largest absolute Gasteiger partial charge is 0.497 e. The highest BCUT2D eigenvalue weighted by Gasteiger charge is 2.28. The van der Waals surface area contributed by atoms with Crippen molar-refractivity contribution in [1.29, 1.82) is 0 Å². The fourth-order valence-corrected chi connectivity index (χ4v) is 4.11. The zero-order chi connectivity index (χ0) is 21.4. The Morgan fingerprint density at radius 1 is 1.07 bits per heavy atom. The number of amides is 1. The van der Waals surface area contributed by atoms with Crippen LogP contribution in [0.15, 0.2) is 48.5 Å². The van der Waals surface area contributed by atoms with Gasteiger partial charge in [-0.1, -0.05) is 12.1 Å². The third-order valence-electron chi connectivity index (χ3n) is 4.36. The van der Waals surface area contributed by atoms with Crippen molar-refractivity contribution in [3.8, 4) is 11.5 Å². The second-order valence-corrected chi connectivity index (χ2v) is 8.41. The smallest absolute Gasteiger partial charge is 0.243 e. The van der Waals surface area contributed by atoms with E-state index in [4.69, 9.17) is 9.47 Å². The number of sulfonamides is 1. The number of hydrogen-bond acceptors (Lipinski definition) is 5. The number of nitrogens with zero attached hydrogens (tertiary/aromatic N) is 1. The summed E-state index contributed by atoms with van der Waals surface area (Å²) in [4.78, 5) is 12.6. The molecule has 0 aliphatic rings. The molecule has 0 unspecified atom stereocenters. The molecule has 2 aromatic rings. The summed E-state index contributed by atoms with van der Waals surface area (Å²) in [6.45, 7) is 4.35. The van der Waals surface area contributed by atoms with Crippen LogP contribution >= 0.6 is 0 Å². The molecular weight excluding hydrogens is 392 g/mol. The molecule has 8 heteroatoms. The second kappa shape index (κ2) is 10.2. The average Bonchev–Trinajstić information content (AvgIpc) is 2.69. The highest BCUT2D eigenvalue weighted by molar-refractivity contribution is 7.92. The van der Waals surface area contributed by atoms with Crippen LogP contribution in [0.1, 0.15) is 19.4 Å². The van der Waals surface area contributed by atoms with Crippen LogP contribution in [-0.4, -0.2) is 46.9 Å². The van der Waals surface area contributed by atoms with E-state index in [2.05, 4.69) is 5.32 Å². The molecule has 29 heavy (non-hydrogen) atoms. The van der Waals surface area contributed by atoms with Crippen molar-refractivity contribution in [2.24, 2.45) is 0 Å². The van der Waals surface area contributed by atoms with Crippen molar-refractivity contribution in [3.63, 3.8) is 0 Å². The van der Waals surface area contributed by atoms with Crippen molar-refractivity contribution in [1.82, 2.24) is 5.32 Å². The van der Waals surface area contributed by atoms with Crippen molar-refractivity contribution in [2.75, 3.05) is 30.8 Å². The third kappa shape index (κ3) is 6.39. The van der Waals surface area contributed by atoms with E-state index in [-0.39, 0.29) is 5.91 Å². The molecule has 0 aliphatic heterocycles. The summed E-state index contributed by atoms with van der Waals surface area (Å²) < 4.78 is 36.3. The number of nitrogens with one attached hydrogen (secondary N) is 1. The lowest BCUT2D eigenvalue weighted by molar-refractivity contribution is -0.121. The second-order valence-electron chi connectivity index (χ2n) is 6.55. The van der Waals surface area contributed by atoms with Crippen LogP contribution in [0.25, 0.3) is 0 Å². The lowest BCUT2D eigenvalue weighted by Gasteiger charge is -2.28. The lowest BCUT2D eigenvalue weighted by atomic mass is 10.1. The van der Waals surface area contributed by atoms with Gasteiger partial charge in [-0.15, -0.1) is 0 Å². The number of rotatable bonds is 10. The predicted octanol–water partition coefficient (Wildman–Crippen LogP) is 2.61. The van der Waals surface area contributed by atoms with Gasteiger partial charge in [0.25, 0.3) is 0 Å². The highest BCUT2D eigenvalue weighted by Crippen LogP contribution is 2.24. The first-order valence-electron chi connectivity index (χ1n) is 9.39. The van der Waals surface area contributed by atoms with Crippen LogP contribution < -0.4 is 19.1 Å². The minimum absolute atomic E-state index is 0.363. The monoisotopic (exact) mass is 420 g/mol. The number of hydrogen-bond donors (Lipinski definition) is 1. The van der Waals surface area contributed by atoms with Crippen molar-refractivity contribution in [3.05, 3.63) is 54.1 Å². The molecule has 1 N–H and O–H groups in total. The minimum Gasteiger partial charge on any atom is -0.497 e. The fraction of sp³-hybridized carbons (Fsp3) is 0.381. The molecule has 0 saturated carbocycles. The van der Waals surface area contributed by atoms with Crippen LogP contribution in [0.4, 0.5) is 5.69 Å². The van der Waals surface area contributed by atoms with Crippen molar-refractivity contribution >= 4 is 21.6 Å². The Balaban J connectivity index is 2.04. The highest BCUT2D eigenvalue weighted by atomic mass is 32.2. The van der Waals surface area contributed by atoms with E-state index in [1.54, 1.807) is 38.3 Å². The Morgan fingerprint density at radius 3 is 2.17 bits per heavy atom. The van der Waals surface area contributed by atoms with Gasteiger partial charge in [0, 0.05) is 6.54 Å². The molecule has 0 saturated heterocycles. The quantitative estimate of drug-likeness (QED) is 0.639. The minimum atomic E-state index is -3.65. The van der Waals surface area contributed by atoms with E-state index >= 15 is 0 Å². The molecule has 0 aliphatic carbocycles. The summed E-state index contributed by atoms with van der Waals surface area (Å²) in [6.07, 6.45) is 1.72. The molecule has 0 heterocycles. The number of anilines is 1. The molecule has 1 amide bonds. The van der Waals surface area contributed by atoms with Gasteiger partial charge in [0.15, 0.2) is 0 Å². The van der Waals surface area contributed by atoms with E-state index in [0.717, 1.165) is 21.9 Å². The van der Waals surface area contributed by atoms with Crippen LogP contribution in [0.2, 0.25) is 0 Å². The van der Waals surface area contributed by atoms with Crippen LogP contribution in [-0.2, 0) is 21.2 Å². The molecule has 0 spiro atoms. The number of carbonyl (C=O) groups is 1. The van der Waals surface area contributed by atoms with Crippen LogP contribution in [0.3, 0.4) is 0 Å². The Bertz CT molecular complexity index is 896. The van der Waals surface area contributed by atoms with Gasteiger partial charge >= 0.3 is 0 Å². The van der Waals surface area contributed by atoms with E-state index in [0.29, 0.717) is 31.0 Å². The van der Waals surface area contributed by atoms with Crippen molar-refractivity contribution < 1.29 is 22.7 Å². The maximum atomic E-state index is 12.6. The zero-order valence-corrected chi connectivity index (χ0v) is 18.0. The number of methoxy groups -OCH3 is 1. The van der Waals surface area contributed by atoms with E-state index in [9.17, 15) is 13.2 Å². The first-order valence-corrected chi connectivity index (χ1v) is 11.2.